The van der Waals surface area contributed by atoms with Gasteiger partial charge in [-0.3, -0.25) is 14.5 Å². The number of carbonyl (C=O) groups is 3. The molecule has 14 heteroatoms. The molecule has 0 aliphatic carbocycles. The Morgan fingerprint density at radius 2 is 1.81 bits per heavy atom. The molecule has 1 aromatic rings. The van der Waals surface area contributed by atoms with E-state index in [4.69, 9.17) is 27.2 Å². The molecule has 2 amide bonds. The van der Waals surface area contributed by atoms with Crippen molar-refractivity contribution in [1.29, 1.82) is 0 Å². The third-order valence-corrected chi connectivity index (χ3v) is 4.26. The number of carboxylic acid groups (broad SMARTS) is 1. The zero-order valence-electron chi connectivity index (χ0n) is 15.9. The Kier molecular flexibility index (Phi) is 8.70. The SMILES string of the molecule is CCC(N)C(=O)N1c2ccc(Cl)cc2CC1C(=O)NCC(F)(F)F.O=C(O)C(F)(F)F. The molecule has 0 fully saturated rings. The van der Waals surface area contributed by atoms with Gasteiger partial charge in [-0.25, -0.2) is 4.79 Å². The molecule has 1 aliphatic rings. The second kappa shape index (κ2) is 10.2. The molecule has 174 valence electrons. The number of carboxylic acids is 1. The third-order valence-electron chi connectivity index (χ3n) is 4.03. The lowest BCUT2D eigenvalue weighted by Crippen LogP contribution is -2.53. The normalized spacial score (nSPS) is 16.7. The molecule has 2 rings (SSSR count). The van der Waals surface area contributed by atoms with Crippen molar-refractivity contribution in [2.45, 2.75) is 44.2 Å². The molecule has 31 heavy (non-hydrogen) atoms. The quantitative estimate of drug-likeness (QED) is 0.577. The fourth-order valence-corrected chi connectivity index (χ4v) is 2.76. The topological polar surface area (TPSA) is 113 Å². The monoisotopic (exact) mass is 477 g/mol. The summed E-state index contributed by atoms with van der Waals surface area (Å²) in [5.41, 5.74) is 6.82. The van der Waals surface area contributed by atoms with Gasteiger partial charge in [0.25, 0.3) is 0 Å². The van der Waals surface area contributed by atoms with E-state index in [1.807, 2.05) is 5.32 Å². The van der Waals surface area contributed by atoms with Crippen LogP contribution in [0.2, 0.25) is 5.02 Å². The highest BCUT2D eigenvalue weighted by molar-refractivity contribution is 6.30. The minimum absolute atomic E-state index is 0.0851. The predicted molar refractivity (Wildman–Crippen MR) is 97.5 cm³/mol. The molecule has 4 N–H and O–H groups in total. The average molecular weight is 478 g/mol. The van der Waals surface area contributed by atoms with Crippen LogP contribution in [0.25, 0.3) is 0 Å². The Labute approximate surface area is 177 Å². The van der Waals surface area contributed by atoms with Crippen molar-refractivity contribution in [2.24, 2.45) is 5.73 Å². The van der Waals surface area contributed by atoms with Crippen LogP contribution in [-0.2, 0) is 20.8 Å². The first kappa shape index (κ1) is 26.5. The van der Waals surface area contributed by atoms with Gasteiger partial charge < -0.3 is 16.2 Å². The standard InChI is InChI=1S/C15H17ClF3N3O2.C2HF3O2/c1-2-10(20)14(24)22-11-4-3-9(16)5-8(11)6-12(22)13(23)21-7-15(17,18)19;3-2(4,5)1(6)7/h3-5,10,12H,2,6-7,20H2,1H3,(H,21,23);(H,6,7). The molecule has 1 heterocycles. The molecule has 2 atom stereocenters. The lowest BCUT2D eigenvalue weighted by molar-refractivity contribution is -0.192. The summed E-state index contributed by atoms with van der Waals surface area (Å²) in [4.78, 5) is 34.8. The molecule has 7 nitrogen and oxygen atoms in total. The van der Waals surface area contributed by atoms with E-state index in [-0.39, 0.29) is 6.42 Å². The van der Waals surface area contributed by atoms with Crippen molar-refractivity contribution >= 4 is 35.1 Å². The smallest absolute Gasteiger partial charge is 0.475 e. The first-order valence-corrected chi connectivity index (χ1v) is 8.98. The molecule has 0 spiro atoms. The number of rotatable bonds is 4. The summed E-state index contributed by atoms with van der Waals surface area (Å²) in [5, 5.41) is 9.36. The molecule has 1 aromatic carbocycles. The molecule has 1 aliphatic heterocycles. The second-order valence-electron chi connectivity index (χ2n) is 6.35. The fraction of sp³-hybridized carbons (Fsp3) is 0.471. The second-order valence-corrected chi connectivity index (χ2v) is 6.79. The van der Waals surface area contributed by atoms with Crippen LogP contribution in [0.1, 0.15) is 18.9 Å². The van der Waals surface area contributed by atoms with Crippen molar-refractivity contribution < 1.29 is 45.8 Å². The van der Waals surface area contributed by atoms with E-state index in [0.717, 1.165) is 0 Å². The average Bonchev–Trinajstić information content (AvgIpc) is 3.02. The summed E-state index contributed by atoms with van der Waals surface area (Å²) >= 11 is 5.91. The predicted octanol–water partition coefficient (Wildman–Crippen LogP) is 2.65. The van der Waals surface area contributed by atoms with Gasteiger partial charge in [0.05, 0.1) is 6.04 Å². The van der Waals surface area contributed by atoms with Gasteiger partial charge in [0.15, 0.2) is 0 Å². The summed E-state index contributed by atoms with van der Waals surface area (Å²) in [7, 11) is 0. The van der Waals surface area contributed by atoms with E-state index < -0.39 is 48.8 Å². The Bertz CT molecular complexity index is 831. The summed E-state index contributed by atoms with van der Waals surface area (Å²) < 4.78 is 68.7. The van der Waals surface area contributed by atoms with Crippen LogP contribution in [0.15, 0.2) is 18.2 Å². The first-order chi connectivity index (χ1) is 14.1. The van der Waals surface area contributed by atoms with Gasteiger partial charge in [-0.05, 0) is 30.2 Å². The van der Waals surface area contributed by atoms with Gasteiger partial charge in [0.2, 0.25) is 11.8 Å². The van der Waals surface area contributed by atoms with Crippen LogP contribution in [0.5, 0.6) is 0 Å². The minimum Gasteiger partial charge on any atom is -0.475 e. The summed E-state index contributed by atoms with van der Waals surface area (Å²) in [5.74, 6) is -4.14. The minimum atomic E-state index is -5.08. The highest BCUT2D eigenvalue weighted by atomic mass is 35.5. The lowest BCUT2D eigenvalue weighted by atomic mass is 10.1. The van der Waals surface area contributed by atoms with Gasteiger partial charge in [-0.2, -0.15) is 26.3 Å². The van der Waals surface area contributed by atoms with E-state index >= 15 is 0 Å². The van der Waals surface area contributed by atoms with Gasteiger partial charge in [-0.15, -0.1) is 0 Å². The van der Waals surface area contributed by atoms with E-state index in [9.17, 15) is 35.9 Å². The number of nitrogens with one attached hydrogen (secondary N) is 1. The van der Waals surface area contributed by atoms with E-state index in [1.165, 1.54) is 4.90 Å². The maximum atomic E-state index is 12.5. The largest absolute Gasteiger partial charge is 0.490 e. The first-order valence-electron chi connectivity index (χ1n) is 8.60. The molecular weight excluding hydrogens is 460 g/mol. The summed E-state index contributed by atoms with van der Waals surface area (Å²) in [6, 6.07) is 2.78. The highest BCUT2D eigenvalue weighted by Crippen LogP contribution is 2.35. The summed E-state index contributed by atoms with van der Waals surface area (Å²) in [6.45, 7) is 0.251. The van der Waals surface area contributed by atoms with Crippen molar-refractivity contribution in [1.82, 2.24) is 5.32 Å². The number of nitrogens with zero attached hydrogens (tertiary/aromatic N) is 1. The number of aliphatic carboxylic acids is 1. The van der Waals surface area contributed by atoms with Gasteiger partial charge in [0, 0.05) is 17.1 Å². The van der Waals surface area contributed by atoms with Crippen LogP contribution in [0.3, 0.4) is 0 Å². The van der Waals surface area contributed by atoms with Gasteiger partial charge >= 0.3 is 18.3 Å². The number of amides is 2. The molecule has 0 aromatic heterocycles. The molecule has 0 bridgehead atoms. The lowest BCUT2D eigenvalue weighted by Gasteiger charge is -2.27. The Hall–Kier alpha value is -2.54. The van der Waals surface area contributed by atoms with Crippen molar-refractivity contribution in [2.75, 3.05) is 11.4 Å². The molecule has 2 unspecified atom stereocenters. The maximum absolute atomic E-state index is 12.5. The van der Waals surface area contributed by atoms with Crippen LogP contribution >= 0.6 is 11.6 Å². The fourth-order valence-electron chi connectivity index (χ4n) is 2.56. The van der Waals surface area contributed by atoms with Crippen LogP contribution < -0.4 is 16.0 Å². The van der Waals surface area contributed by atoms with E-state index in [0.29, 0.717) is 22.7 Å². The van der Waals surface area contributed by atoms with Gasteiger partial charge in [0.1, 0.15) is 12.6 Å². The third kappa shape index (κ3) is 7.58. The van der Waals surface area contributed by atoms with Crippen LogP contribution in [0, 0.1) is 0 Å². The van der Waals surface area contributed by atoms with E-state index in [2.05, 4.69) is 0 Å². The number of fused-ring (bicyclic) bond motifs is 1. The van der Waals surface area contributed by atoms with E-state index in [1.54, 1.807) is 25.1 Å². The zero-order valence-corrected chi connectivity index (χ0v) is 16.6. The Morgan fingerprint density at radius 1 is 1.26 bits per heavy atom. The van der Waals surface area contributed by atoms with Crippen molar-refractivity contribution in [3.05, 3.63) is 28.8 Å². The number of benzene rings is 1. The number of alkyl halides is 6. The van der Waals surface area contributed by atoms with Crippen LogP contribution in [-0.4, -0.2) is 53.9 Å². The number of anilines is 1. The molecular formula is C17H18ClF6N3O4. The molecule has 0 saturated heterocycles. The maximum Gasteiger partial charge on any atom is 0.490 e. The van der Waals surface area contributed by atoms with Gasteiger partial charge in [-0.1, -0.05) is 18.5 Å². The number of hydrogen-bond donors (Lipinski definition) is 3. The number of hydrogen-bond acceptors (Lipinski definition) is 4. The molecule has 0 saturated carbocycles. The zero-order chi connectivity index (χ0) is 24.1. The number of nitrogens with two attached hydrogens (primary N) is 1. The van der Waals surface area contributed by atoms with Crippen molar-refractivity contribution in [3.8, 4) is 0 Å². The van der Waals surface area contributed by atoms with Crippen molar-refractivity contribution in [3.63, 3.8) is 0 Å². The van der Waals surface area contributed by atoms with Crippen LogP contribution in [0.4, 0.5) is 32.0 Å². The Morgan fingerprint density at radius 3 is 2.26 bits per heavy atom. The Balaban J connectivity index is 0.000000592. The highest BCUT2D eigenvalue weighted by Gasteiger charge is 2.41. The number of halogens is 7. The number of carbonyl (C=O) groups excluding carboxylic acids is 2. The molecule has 0 radical (unpaired) electrons. The summed E-state index contributed by atoms with van der Waals surface area (Å²) in [6.07, 6.45) is -9.18.